The molecule has 2 aliphatic carbocycles. The predicted octanol–water partition coefficient (Wildman–Crippen LogP) is 6.36. The number of hydrogen-bond acceptors (Lipinski definition) is 6. The van der Waals surface area contributed by atoms with E-state index < -0.39 is 13.0 Å². The molecule has 4 aliphatic rings. The smallest absolute Gasteiger partial charge is 0.455 e. The van der Waals surface area contributed by atoms with Gasteiger partial charge in [0.15, 0.2) is 11.5 Å². The minimum atomic E-state index is -0.954. The maximum Gasteiger partial charge on any atom is 0.455 e. The van der Waals surface area contributed by atoms with Crippen LogP contribution in [0.25, 0.3) is 6.08 Å². The lowest BCUT2D eigenvalue weighted by atomic mass is 9.57. The molecule has 0 spiro atoms. The normalized spacial score (nSPS) is 27.5. The van der Waals surface area contributed by atoms with Crippen LogP contribution in [0.3, 0.4) is 0 Å². The average molecular weight is 675 g/mol. The Kier molecular flexibility index (Phi) is 9.55. The van der Waals surface area contributed by atoms with Gasteiger partial charge in [-0.2, -0.15) is 0 Å². The van der Waals surface area contributed by atoms with Crippen LogP contribution in [0.15, 0.2) is 28.9 Å². The number of phenols is 1. The summed E-state index contributed by atoms with van der Waals surface area (Å²) in [5, 5.41) is 21.1. The summed E-state index contributed by atoms with van der Waals surface area (Å²) in [5.41, 5.74) is 4.59. The second-order valence-electron chi connectivity index (χ2n) is 12.5. The third-order valence-corrected chi connectivity index (χ3v) is 10.6. The van der Waals surface area contributed by atoms with Gasteiger partial charge in [-0.25, -0.2) is 0 Å². The lowest BCUT2D eigenvalue weighted by Crippen LogP contribution is -2.47. The number of benzene rings is 1. The molecule has 0 aromatic heterocycles. The van der Waals surface area contributed by atoms with E-state index in [-0.39, 0.29) is 47.5 Å². The molecule has 2 N–H and O–H groups in total. The van der Waals surface area contributed by atoms with Crippen molar-refractivity contribution in [1.29, 1.82) is 0 Å². The molecule has 222 valence electrons. The molecule has 0 radical (unpaired) electrons. The first-order valence-electron chi connectivity index (χ1n) is 15.3. The van der Waals surface area contributed by atoms with Gasteiger partial charge < -0.3 is 19.5 Å². The van der Waals surface area contributed by atoms with Gasteiger partial charge in [-0.3, -0.25) is 14.5 Å². The molecule has 1 aromatic carbocycles. The number of nitrogens with zero attached hydrogens (tertiary/aromatic N) is 1. The van der Waals surface area contributed by atoms with Crippen molar-refractivity contribution >= 4 is 47.6 Å². The molecule has 9 heteroatoms. The summed E-state index contributed by atoms with van der Waals surface area (Å²) in [6.07, 6.45) is 10.3. The van der Waals surface area contributed by atoms with E-state index in [1.54, 1.807) is 12.0 Å². The predicted molar refractivity (Wildman–Crippen MR) is 168 cm³/mol. The van der Waals surface area contributed by atoms with Crippen LogP contribution in [0.5, 0.6) is 11.5 Å². The molecule has 3 fully saturated rings. The number of allylic oxidation sites excluding steroid dienone is 2. The van der Waals surface area contributed by atoms with Gasteiger partial charge in [-0.1, -0.05) is 57.3 Å². The van der Waals surface area contributed by atoms with Crippen molar-refractivity contribution in [1.82, 2.24) is 4.90 Å². The van der Waals surface area contributed by atoms with Gasteiger partial charge in [-0.15, -0.1) is 0 Å². The summed E-state index contributed by atoms with van der Waals surface area (Å²) in [7, 11) is 0.595. The van der Waals surface area contributed by atoms with Crippen molar-refractivity contribution in [2.45, 2.75) is 97.0 Å². The van der Waals surface area contributed by atoms with Crippen LogP contribution in [-0.2, 0) is 14.2 Å². The largest absolute Gasteiger partial charge is 0.504 e. The zero-order valence-electron chi connectivity index (χ0n) is 24.7. The molecule has 4 atom stereocenters. The van der Waals surface area contributed by atoms with Gasteiger partial charge in [0.25, 0.3) is 0 Å². The van der Waals surface area contributed by atoms with Gasteiger partial charge in [0.2, 0.25) is 11.8 Å². The fraction of sp³-hybridized carbons (Fsp3) is 0.625. The molecule has 1 aromatic rings. The summed E-state index contributed by atoms with van der Waals surface area (Å²) in [4.78, 5) is 29.3. The first kappa shape index (κ1) is 30.6. The molecule has 1 saturated carbocycles. The number of halogens is 1. The fourth-order valence-corrected chi connectivity index (χ4v) is 8.33. The van der Waals surface area contributed by atoms with Gasteiger partial charge in [0, 0.05) is 6.04 Å². The molecule has 7 nitrogen and oxygen atoms in total. The Balaban J connectivity index is 1.41. The number of carbonyl (C=O) groups excluding carboxylic acids is 2. The second kappa shape index (κ2) is 12.8. The van der Waals surface area contributed by atoms with E-state index in [4.69, 9.17) is 9.39 Å². The van der Waals surface area contributed by atoms with Crippen LogP contribution < -0.4 is 4.74 Å². The molecule has 41 heavy (non-hydrogen) atoms. The highest BCUT2D eigenvalue weighted by atomic mass is 127. The minimum absolute atomic E-state index is 0.0109. The number of phenolic OH excluding ortho intramolecular Hbond substituents is 1. The lowest BCUT2D eigenvalue weighted by Gasteiger charge is -2.44. The fourth-order valence-electron chi connectivity index (χ4n) is 7.71. The first-order valence-corrected chi connectivity index (χ1v) is 16.4. The summed E-state index contributed by atoms with van der Waals surface area (Å²) in [5.74, 6) is -0.0652. The Bertz CT molecular complexity index is 1240. The van der Waals surface area contributed by atoms with Crippen molar-refractivity contribution in [3.8, 4) is 11.5 Å². The number of rotatable bonds is 8. The number of hydrogen-bond donors (Lipinski definition) is 2. The maximum absolute atomic E-state index is 13.9. The topological polar surface area (TPSA) is 96.3 Å². The number of imide groups is 1. The second-order valence-corrected chi connectivity index (χ2v) is 13.6. The maximum atomic E-state index is 13.9. The summed E-state index contributed by atoms with van der Waals surface area (Å²) < 4.78 is 12.3. The van der Waals surface area contributed by atoms with Gasteiger partial charge >= 0.3 is 7.12 Å². The van der Waals surface area contributed by atoms with Crippen LogP contribution in [-0.4, -0.2) is 53.2 Å². The lowest BCUT2D eigenvalue weighted by molar-refractivity contribution is -0.143. The van der Waals surface area contributed by atoms with Crippen molar-refractivity contribution in [3.63, 3.8) is 0 Å². The molecule has 0 unspecified atom stereocenters. The Morgan fingerprint density at radius 2 is 1.93 bits per heavy atom. The molecule has 2 heterocycles. The van der Waals surface area contributed by atoms with E-state index in [1.165, 1.54) is 17.6 Å². The molecule has 2 aliphatic heterocycles. The Morgan fingerprint density at radius 1 is 1.20 bits per heavy atom. The molecule has 2 amide bonds. The van der Waals surface area contributed by atoms with Crippen LogP contribution in [0.2, 0.25) is 6.32 Å². The third kappa shape index (κ3) is 6.00. The number of methoxy groups -OCH3 is 1. The number of amides is 2. The molecule has 2 saturated heterocycles. The highest BCUT2D eigenvalue weighted by Crippen LogP contribution is 2.52. The number of fused-ring (bicyclic) bond motifs is 3. The highest BCUT2D eigenvalue weighted by molar-refractivity contribution is 14.1. The Morgan fingerprint density at radius 3 is 2.59 bits per heavy atom. The van der Waals surface area contributed by atoms with Crippen molar-refractivity contribution < 1.29 is 29.1 Å². The number of ether oxygens (including phenoxy) is 1. The Labute approximate surface area is 258 Å². The van der Waals surface area contributed by atoms with Crippen LogP contribution in [0.4, 0.5) is 0 Å². The van der Waals surface area contributed by atoms with Crippen molar-refractivity contribution in [2.24, 2.45) is 23.7 Å². The van der Waals surface area contributed by atoms with Gasteiger partial charge in [-0.05, 0) is 103 Å². The van der Waals surface area contributed by atoms with Crippen molar-refractivity contribution in [3.05, 3.63) is 38.0 Å². The molecule has 0 bridgehead atoms. The standard InChI is InChI=1S/C32H43BINO6/c1-5-19(13-20-14-25(34)30(36)27(15-20)40-4)11-12-26-28-22(18(2)3)16-23-29(24(28)17-33(39)41-26)32(38)35(31(23)37)21-9-7-6-8-10-21/h13-15,18,21,23-24,26,29,36,39H,5-12,16-17H2,1-4H3/b19-13+/t23-,24+,26-,29-/m1/s1. The SMILES string of the molecule is CC/C(=C\c1cc(I)c(O)c(OC)c1)CC[C@H]1OB(O)C[C@H]2C1=C(C(C)C)C[C@H]1C(=O)N(C3CCCCC3)C(=O)[C@H]12. The number of carbonyl (C=O) groups is 2. The summed E-state index contributed by atoms with van der Waals surface area (Å²) in [6.45, 7) is 6.46. The third-order valence-electron chi connectivity index (χ3n) is 9.74. The quantitative estimate of drug-likeness (QED) is 0.144. The van der Waals surface area contributed by atoms with Gasteiger partial charge in [0.05, 0.1) is 28.6 Å². The minimum Gasteiger partial charge on any atom is -0.504 e. The highest BCUT2D eigenvalue weighted by Gasteiger charge is 2.58. The number of likely N-dealkylation sites (tertiary alicyclic amines) is 1. The molecular formula is C32H43BINO6. The zero-order valence-corrected chi connectivity index (χ0v) is 26.9. The van der Waals surface area contributed by atoms with E-state index in [1.807, 2.05) is 12.1 Å². The van der Waals surface area contributed by atoms with Crippen LogP contribution in [0, 0.1) is 27.2 Å². The zero-order chi connectivity index (χ0) is 29.4. The summed E-state index contributed by atoms with van der Waals surface area (Å²) >= 11 is 2.11. The molecule has 5 rings (SSSR count). The van der Waals surface area contributed by atoms with Crippen LogP contribution >= 0.6 is 22.6 Å². The average Bonchev–Trinajstić information content (AvgIpc) is 3.21. The van der Waals surface area contributed by atoms with E-state index in [0.29, 0.717) is 24.9 Å². The van der Waals surface area contributed by atoms with E-state index in [2.05, 4.69) is 49.4 Å². The van der Waals surface area contributed by atoms with Crippen molar-refractivity contribution in [2.75, 3.05) is 7.11 Å². The molecular weight excluding hydrogens is 632 g/mol. The monoisotopic (exact) mass is 675 g/mol. The number of aromatic hydroxyl groups is 1. The van der Waals surface area contributed by atoms with E-state index in [0.717, 1.165) is 53.2 Å². The van der Waals surface area contributed by atoms with Crippen LogP contribution in [0.1, 0.15) is 84.1 Å². The Hall–Kier alpha value is -1.85. The first-order chi connectivity index (χ1) is 19.6. The van der Waals surface area contributed by atoms with Gasteiger partial charge in [0.1, 0.15) is 0 Å². The summed E-state index contributed by atoms with van der Waals surface area (Å²) in [6, 6.07) is 3.80. The van der Waals surface area contributed by atoms with E-state index >= 15 is 0 Å². The van der Waals surface area contributed by atoms with E-state index in [9.17, 15) is 19.7 Å².